The minimum absolute atomic E-state index is 0.283. The Morgan fingerprint density at radius 3 is 0.880 bits per heavy atom. The van der Waals surface area contributed by atoms with E-state index in [1.165, 1.54) is 39.3 Å². The molecule has 0 radical (unpaired) electrons. The van der Waals surface area contributed by atoms with Crippen molar-refractivity contribution >= 4 is 19.5 Å². The molecule has 0 amide bonds. The fraction of sp³-hybridized carbons (Fsp3) is 1.00. The Morgan fingerprint density at radius 1 is 0.520 bits per heavy atom. The Bertz CT molecular complexity index is 201. The average Bonchev–Trinajstić information content (AvgIpc) is 2.62. The maximum Gasteiger partial charge on any atom is -0.00474 e. The van der Waals surface area contributed by atoms with Crippen LogP contribution in [0.4, 0.5) is 5.73 Å². The summed E-state index contributed by atoms with van der Waals surface area (Å²) in [7, 11) is 0. The third-order valence-electron chi connectivity index (χ3n) is 4.48. The molecule has 0 aliphatic rings. The first-order valence-electron chi connectivity index (χ1n) is 10.6. The van der Waals surface area contributed by atoms with Crippen LogP contribution in [0, 0.1) is 0 Å². The first-order valence-corrected chi connectivity index (χ1v) is 16.8. The van der Waals surface area contributed by atoms with Gasteiger partial charge in [-0.15, -0.1) is 0 Å². The molecule has 5 heteroatoms. The number of halogens is 2. The van der Waals surface area contributed by atoms with Crippen molar-refractivity contribution in [2.75, 3.05) is 39.3 Å². The van der Waals surface area contributed by atoms with Gasteiger partial charge in [0.05, 0.1) is 0 Å². The summed E-state index contributed by atoms with van der Waals surface area (Å²) in [5.41, 5.74) is 0. The number of rotatable bonds is 12. The molecule has 0 aliphatic carbocycles. The van der Waals surface area contributed by atoms with E-state index in [-0.39, 0.29) is 8.87 Å². The van der Waals surface area contributed by atoms with Crippen LogP contribution in [0.25, 0.3) is 0 Å². The molecular formula is C20H48F2N2Sn. The van der Waals surface area contributed by atoms with Gasteiger partial charge in [-0.25, -0.2) is 0 Å². The maximum absolute atomic E-state index is 13.0. The van der Waals surface area contributed by atoms with Gasteiger partial charge in [0.25, 0.3) is 0 Å². The Morgan fingerprint density at radius 2 is 0.760 bits per heavy atom. The molecule has 0 aliphatic heterocycles. The van der Waals surface area contributed by atoms with Crippen molar-refractivity contribution in [1.29, 1.82) is 0 Å². The SMILES string of the molecule is CCC[CH2][Sn]([F])([F])[CH2]CCC.CCN(CC)CC.CCN(CC)CC. The summed E-state index contributed by atoms with van der Waals surface area (Å²) in [6.45, 7) is 24.2. The number of nitrogens with zero attached hydrogens (tertiary/aromatic N) is 2. The molecule has 0 aromatic rings. The minimum Gasteiger partial charge on any atom is -0.304 e. The third kappa shape index (κ3) is 24.6. The Labute approximate surface area is 164 Å². The van der Waals surface area contributed by atoms with E-state index in [9.17, 15) is 5.73 Å². The molecule has 156 valence electrons. The quantitative estimate of drug-likeness (QED) is 0.293. The van der Waals surface area contributed by atoms with Gasteiger partial charge in [-0.05, 0) is 39.3 Å². The zero-order valence-corrected chi connectivity index (χ0v) is 21.5. The van der Waals surface area contributed by atoms with Crippen molar-refractivity contribution in [1.82, 2.24) is 9.80 Å². The van der Waals surface area contributed by atoms with Gasteiger partial charge in [0, 0.05) is 0 Å². The van der Waals surface area contributed by atoms with E-state index in [0.717, 1.165) is 25.7 Å². The molecule has 0 heterocycles. The van der Waals surface area contributed by atoms with Crippen molar-refractivity contribution in [3.63, 3.8) is 0 Å². The first kappa shape index (κ1) is 30.3. The van der Waals surface area contributed by atoms with Crippen LogP contribution in [0.15, 0.2) is 0 Å². The van der Waals surface area contributed by atoms with Crippen LogP contribution in [0.3, 0.4) is 0 Å². The smallest absolute Gasteiger partial charge is 0.00474 e. The van der Waals surface area contributed by atoms with Crippen LogP contribution in [-0.4, -0.2) is 68.6 Å². The molecule has 25 heavy (non-hydrogen) atoms. The van der Waals surface area contributed by atoms with Crippen molar-refractivity contribution < 1.29 is 5.73 Å². The third-order valence-corrected chi connectivity index (χ3v) is 10.7. The van der Waals surface area contributed by atoms with Gasteiger partial charge in [0.2, 0.25) is 0 Å². The first-order chi connectivity index (χ1) is 11.8. The number of unbranched alkanes of at least 4 members (excludes halogenated alkanes) is 2. The molecule has 0 spiro atoms. The number of hydrogen-bond donors (Lipinski definition) is 0. The zero-order chi connectivity index (χ0) is 20.1. The second kappa shape index (κ2) is 22.6. The Balaban J connectivity index is -0.000000304. The summed E-state index contributed by atoms with van der Waals surface area (Å²) in [6.07, 6.45) is 3.32. The second-order valence-electron chi connectivity index (χ2n) is 6.30. The van der Waals surface area contributed by atoms with Crippen molar-refractivity contribution in [2.24, 2.45) is 0 Å². The van der Waals surface area contributed by atoms with E-state index < -0.39 is 19.5 Å². The van der Waals surface area contributed by atoms with Crippen molar-refractivity contribution in [3.8, 4) is 0 Å². The van der Waals surface area contributed by atoms with Gasteiger partial charge in [-0.3, -0.25) is 0 Å². The van der Waals surface area contributed by atoms with Gasteiger partial charge >= 0.3 is 73.7 Å². The molecule has 0 saturated carbocycles. The van der Waals surface area contributed by atoms with Crippen LogP contribution in [-0.2, 0) is 0 Å². The molecule has 0 bridgehead atoms. The molecule has 0 aromatic heterocycles. The standard InChI is InChI=1S/2C6H15N.2C4H9.2FH.Sn/c2*1-4-7(5-2)6-3;2*1-3-4-2;;;/h2*4-6H2,1-3H3;2*1,3-4H2,2H3;2*1H;/q;;;;;;+2/p-2. The fourth-order valence-corrected chi connectivity index (χ4v) is 8.02. The zero-order valence-electron chi connectivity index (χ0n) is 18.6. The average molecular weight is 473 g/mol. The van der Waals surface area contributed by atoms with Gasteiger partial charge in [0.15, 0.2) is 0 Å². The Kier molecular flexibility index (Phi) is 27.4. The van der Waals surface area contributed by atoms with Gasteiger partial charge in [-0.2, -0.15) is 0 Å². The molecule has 0 unspecified atom stereocenters. The summed E-state index contributed by atoms with van der Waals surface area (Å²) < 4.78 is 26.6. The molecule has 0 atom stereocenters. The molecule has 2 nitrogen and oxygen atoms in total. The topological polar surface area (TPSA) is 6.48 Å². The van der Waals surface area contributed by atoms with Crippen molar-refractivity contribution in [3.05, 3.63) is 0 Å². The summed E-state index contributed by atoms with van der Waals surface area (Å²) in [5, 5.41) is 0. The molecule has 0 rings (SSSR count). The van der Waals surface area contributed by atoms with E-state index in [4.69, 9.17) is 0 Å². The minimum atomic E-state index is -4.44. The van der Waals surface area contributed by atoms with Crippen LogP contribution in [0.1, 0.15) is 81.1 Å². The van der Waals surface area contributed by atoms with Gasteiger partial charge in [-0.1, -0.05) is 41.5 Å². The largest absolute Gasteiger partial charge is 0.304 e. The second-order valence-corrected chi connectivity index (χ2v) is 14.0. The van der Waals surface area contributed by atoms with Crippen LogP contribution < -0.4 is 0 Å². The molecular weight excluding hydrogens is 425 g/mol. The van der Waals surface area contributed by atoms with Crippen LogP contribution in [0.2, 0.25) is 8.87 Å². The van der Waals surface area contributed by atoms with Gasteiger partial charge < -0.3 is 9.80 Å². The maximum atomic E-state index is 13.0. The van der Waals surface area contributed by atoms with Crippen LogP contribution in [0.5, 0.6) is 0 Å². The summed E-state index contributed by atoms with van der Waals surface area (Å²) >= 11 is -4.44. The molecule has 0 aromatic carbocycles. The normalized spacial score (nSPS) is 11.0. The monoisotopic (exact) mass is 474 g/mol. The molecule has 0 N–H and O–H groups in total. The van der Waals surface area contributed by atoms with E-state index in [0.29, 0.717) is 0 Å². The fourth-order valence-electron chi connectivity index (χ4n) is 2.34. The van der Waals surface area contributed by atoms with E-state index in [2.05, 4.69) is 51.3 Å². The van der Waals surface area contributed by atoms with Crippen LogP contribution >= 0.6 is 0 Å². The number of hydrogen-bond acceptors (Lipinski definition) is 2. The predicted molar refractivity (Wildman–Crippen MR) is 114 cm³/mol. The molecule has 0 fully saturated rings. The summed E-state index contributed by atoms with van der Waals surface area (Å²) in [6, 6.07) is 0. The summed E-state index contributed by atoms with van der Waals surface area (Å²) in [5.74, 6) is 0. The summed E-state index contributed by atoms with van der Waals surface area (Å²) in [4.78, 5) is 4.75. The van der Waals surface area contributed by atoms with E-state index in [1.807, 2.05) is 13.8 Å². The molecule has 0 saturated heterocycles. The Hall–Kier alpha value is 0.579. The van der Waals surface area contributed by atoms with E-state index in [1.54, 1.807) is 0 Å². The van der Waals surface area contributed by atoms with Crippen molar-refractivity contribution in [2.45, 2.75) is 89.9 Å². The van der Waals surface area contributed by atoms with E-state index >= 15 is 0 Å². The predicted octanol–water partition coefficient (Wildman–Crippen LogP) is 6.66. The van der Waals surface area contributed by atoms with Gasteiger partial charge in [0.1, 0.15) is 0 Å².